The molecule has 3 nitrogen and oxygen atoms in total. The number of hydrogen-bond donors (Lipinski definition) is 0. The predicted molar refractivity (Wildman–Crippen MR) is 206 cm³/mol. The molecule has 0 saturated heterocycles. The molecule has 0 amide bonds. The molecule has 0 aliphatic heterocycles. The van der Waals surface area contributed by atoms with Crippen LogP contribution in [0, 0.1) is 0 Å². The summed E-state index contributed by atoms with van der Waals surface area (Å²) in [5.41, 5.74) is 11.8. The molecule has 0 atom stereocenters. The van der Waals surface area contributed by atoms with Crippen molar-refractivity contribution in [1.29, 1.82) is 0 Å². The lowest BCUT2D eigenvalue weighted by Crippen LogP contribution is -2.16. The maximum atomic E-state index is 6.91. The minimum absolute atomic E-state index is 0.153. The fourth-order valence-corrected chi connectivity index (χ4v) is 9.59. The molecule has 0 radical (unpaired) electrons. The average Bonchev–Trinajstić information content (AvgIpc) is 3.87. The van der Waals surface area contributed by atoms with E-state index in [0.717, 1.165) is 60.9 Å². The van der Waals surface area contributed by atoms with Crippen LogP contribution in [0.3, 0.4) is 0 Å². The molecule has 11 rings (SSSR count). The highest BCUT2D eigenvalue weighted by Gasteiger charge is 2.36. The summed E-state index contributed by atoms with van der Waals surface area (Å²) in [4.78, 5) is 2.45. The quantitative estimate of drug-likeness (QED) is 0.191. The number of nitrogens with zero attached hydrogens (tertiary/aromatic N) is 1. The number of fused-ring (bicyclic) bond motifs is 12. The van der Waals surface area contributed by atoms with E-state index in [9.17, 15) is 0 Å². The van der Waals surface area contributed by atoms with Gasteiger partial charge >= 0.3 is 0 Å². The van der Waals surface area contributed by atoms with Crippen LogP contribution >= 0.6 is 11.3 Å². The molecular formula is C45H29NO2S. The van der Waals surface area contributed by atoms with Gasteiger partial charge in [0.25, 0.3) is 0 Å². The van der Waals surface area contributed by atoms with Crippen LogP contribution in [0.4, 0.5) is 17.1 Å². The van der Waals surface area contributed by atoms with Gasteiger partial charge in [-0.2, -0.15) is 0 Å². The minimum Gasteiger partial charge on any atom is -0.456 e. The van der Waals surface area contributed by atoms with E-state index in [1.165, 1.54) is 42.4 Å². The van der Waals surface area contributed by atoms with E-state index in [2.05, 4.69) is 146 Å². The van der Waals surface area contributed by atoms with Gasteiger partial charge in [-0.15, -0.1) is 11.3 Å². The second-order valence-corrected chi connectivity index (χ2v) is 14.7. The average molecular weight is 648 g/mol. The Labute approximate surface area is 286 Å². The first-order chi connectivity index (χ1) is 24.1. The van der Waals surface area contributed by atoms with Crippen molar-refractivity contribution in [1.82, 2.24) is 0 Å². The van der Waals surface area contributed by atoms with E-state index in [-0.39, 0.29) is 5.41 Å². The number of anilines is 3. The Morgan fingerprint density at radius 1 is 0.531 bits per heavy atom. The molecule has 0 N–H and O–H groups in total. The van der Waals surface area contributed by atoms with Gasteiger partial charge in [0.15, 0.2) is 5.58 Å². The molecule has 3 heterocycles. The third kappa shape index (κ3) is 3.61. The lowest BCUT2D eigenvalue weighted by Gasteiger charge is -2.29. The van der Waals surface area contributed by atoms with E-state index in [1.807, 2.05) is 23.5 Å². The summed E-state index contributed by atoms with van der Waals surface area (Å²) in [7, 11) is 0. The van der Waals surface area contributed by atoms with Crippen molar-refractivity contribution in [3.8, 4) is 11.1 Å². The normalized spacial score (nSPS) is 13.7. The molecule has 1 aliphatic carbocycles. The van der Waals surface area contributed by atoms with E-state index in [0.29, 0.717) is 0 Å². The van der Waals surface area contributed by atoms with Crippen LogP contribution in [-0.2, 0) is 5.41 Å². The topological polar surface area (TPSA) is 29.5 Å². The number of thiophene rings is 1. The van der Waals surface area contributed by atoms with Gasteiger partial charge in [0.2, 0.25) is 0 Å². The number of rotatable bonds is 3. The van der Waals surface area contributed by atoms with Gasteiger partial charge in [0.05, 0.1) is 15.8 Å². The van der Waals surface area contributed by atoms with Crippen molar-refractivity contribution >= 4 is 92.4 Å². The molecule has 7 aromatic carbocycles. The molecule has 1 aliphatic rings. The molecule has 4 heteroatoms. The van der Waals surface area contributed by atoms with Gasteiger partial charge in [-0.1, -0.05) is 111 Å². The molecular weight excluding hydrogens is 619 g/mol. The molecule has 0 unspecified atom stereocenters. The first kappa shape index (κ1) is 27.1. The molecule has 0 saturated carbocycles. The van der Waals surface area contributed by atoms with Crippen molar-refractivity contribution in [3.63, 3.8) is 0 Å². The first-order valence-electron chi connectivity index (χ1n) is 16.8. The van der Waals surface area contributed by atoms with Gasteiger partial charge in [-0.3, -0.25) is 0 Å². The standard InChI is InChI=1S/C45H29NO2S/c1-45(2)34-17-7-3-12-27(34)28-23-22-26(24-35(28)45)46(36-18-11-16-31-30-14-6-10-21-40(30)49-44(31)36)42-41-32-15-5-9-20-38(32)47-39(41)25-33-29-13-4-8-19-37(29)48-43(33)42/h3-25H,1-2H3. The van der Waals surface area contributed by atoms with Crippen molar-refractivity contribution in [3.05, 3.63) is 151 Å². The van der Waals surface area contributed by atoms with E-state index in [1.54, 1.807) is 0 Å². The summed E-state index contributed by atoms with van der Waals surface area (Å²) in [6.07, 6.45) is 0. The van der Waals surface area contributed by atoms with Gasteiger partial charge in [-0.25, -0.2) is 0 Å². The lowest BCUT2D eigenvalue weighted by molar-refractivity contribution is 0.660. The number of hydrogen-bond acceptors (Lipinski definition) is 4. The van der Waals surface area contributed by atoms with Crippen molar-refractivity contribution in [2.45, 2.75) is 19.3 Å². The number of benzene rings is 7. The van der Waals surface area contributed by atoms with Crippen LogP contribution in [0.15, 0.2) is 148 Å². The Bertz CT molecular complexity index is 2990. The third-order valence-electron chi connectivity index (χ3n) is 10.7. The maximum absolute atomic E-state index is 6.91. The Morgan fingerprint density at radius 3 is 2.10 bits per heavy atom. The van der Waals surface area contributed by atoms with Gasteiger partial charge in [0, 0.05) is 42.7 Å². The Balaban J connectivity index is 1.32. The predicted octanol–water partition coefficient (Wildman–Crippen LogP) is 13.6. The monoisotopic (exact) mass is 647 g/mol. The molecule has 0 bridgehead atoms. The van der Waals surface area contributed by atoms with Crippen LogP contribution in [0.5, 0.6) is 0 Å². The van der Waals surface area contributed by atoms with Crippen LogP contribution in [-0.4, -0.2) is 0 Å². The molecule has 232 valence electrons. The number of furan rings is 2. The summed E-state index contributed by atoms with van der Waals surface area (Å²) < 4.78 is 16.1. The summed E-state index contributed by atoms with van der Waals surface area (Å²) >= 11 is 1.85. The summed E-state index contributed by atoms with van der Waals surface area (Å²) in [5.74, 6) is 0. The van der Waals surface area contributed by atoms with Crippen molar-refractivity contribution in [2.75, 3.05) is 4.90 Å². The largest absolute Gasteiger partial charge is 0.456 e. The lowest BCUT2D eigenvalue weighted by atomic mass is 9.82. The van der Waals surface area contributed by atoms with E-state index >= 15 is 0 Å². The highest BCUT2D eigenvalue weighted by atomic mass is 32.1. The van der Waals surface area contributed by atoms with Crippen LogP contribution in [0.2, 0.25) is 0 Å². The van der Waals surface area contributed by atoms with Crippen LogP contribution < -0.4 is 4.90 Å². The highest BCUT2D eigenvalue weighted by molar-refractivity contribution is 7.26. The fraction of sp³-hybridized carbons (Fsp3) is 0.0667. The first-order valence-corrected chi connectivity index (χ1v) is 17.6. The second-order valence-electron chi connectivity index (χ2n) is 13.7. The van der Waals surface area contributed by atoms with E-state index < -0.39 is 0 Å². The molecule has 49 heavy (non-hydrogen) atoms. The maximum Gasteiger partial charge on any atom is 0.160 e. The summed E-state index contributed by atoms with van der Waals surface area (Å²) in [5, 5.41) is 6.75. The second kappa shape index (κ2) is 9.62. The van der Waals surface area contributed by atoms with Crippen LogP contribution in [0.1, 0.15) is 25.0 Å². The zero-order chi connectivity index (χ0) is 32.4. The fourth-order valence-electron chi connectivity index (χ4n) is 8.38. The van der Waals surface area contributed by atoms with Gasteiger partial charge in [0.1, 0.15) is 22.4 Å². The third-order valence-corrected chi connectivity index (χ3v) is 11.9. The number of para-hydroxylation sites is 2. The van der Waals surface area contributed by atoms with Gasteiger partial charge < -0.3 is 13.7 Å². The molecule has 10 aromatic rings. The van der Waals surface area contributed by atoms with Crippen molar-refractivity contribution < 1.29 is 8.83 Å². The molecule has 3 aromatic heterocycles. The van der Waals surface area contributed by atoms with Crippen LogP contribution in [0.25, 0.3) is 75.2 Å². The Kier molecular flexibility index (Phi) is 5.33. The molecule has 0 spiro atoms. The zero-order valence-corrected chi connectivity index (χ0v) is 27.8. The van der Waals surface area contributed by atoms with Crippen molar-refractivity contribution in [2.24, 2.45) is 0 Å². The van der Waals surface area contributed by atoms with Gasteiger partial charge in [-0.05, 0) is 64.7 Å². The summed E-state index contributed by atoms with van der Waals surface area (Å²) in [6, 6.07) is 50.2. The SMILES string of the molecule is CC1(C)c2ccccc2-c2ccc(N(c3cccc4c3sc3ccccc34)c3c4oc5ccccc5c4cc4oc5ccccc5c34)cc21. The highest BCUT2D eigenvalue weighted by Crippen LogP contribution is 2.55. The zero-order valence-electron chi connectivity index (χ0n) is 27.0. The summed E-state index contributed by atoms with van der Waals surface area (Å²) in [6.45, 7) is 4.69. The Morgan fingerprint density at radius 2 is 1.22 bits per heavy atom. The Hall–Kier alpha value is -5.84. The molecule has 0 fully saturated rings. The van der Waals surface area contributed by atoms with E-state index in [4.69, 9.17) is 8.83 Å². The smallest absolute Gasteiger partial charge is 0.160 e. The minimum atomic E-state index is -0.153.